The van der Waals surface area contributed by atoms with Crippen molar-refractivity contribution in [3.05, 3.63) is 71.9 Å². The van der Waals surface area contributed by atoms with Gasteiger partial charge in [0.25, 0.3) is 5.91 Å². The Balaban J connectivity index is 1.95. The Bertz CT molecular complexity index is 876. The van der Waals surface area contributed by atoms with E-state index in [9.17, 15) is 9.59 Å². The number of amides is 1. The number of anilines is 1. The Labute approximate surface area is 132 Å². The molecule has 3 rings (SSSR count). The van der Waals surface area contributed by atoms with Crippen molar-refractivity contribution in [1.29, 1.82) is 0 Å². The summed E-state index contributed by atoms with van der Waals surface area (Å²) < 4.78 is 4.71. The Morgan fingerprint density at radius 1 is 1.00 bits per heavy atom. The van der Waals surface area contributed by atoms with Crippen LogP contribution in [-0.4, -0.2) is 24.0 Å². The summed E-state index contributed by atoms with van der Waals surface area (Å²) in [5.41, 5.74) is 1.00. The van der Waals surface area contributed by atoms with Gasteiger partial charge in [-0.15, -0.1) is 0 Å². The Kier molecular flexibility index (Phi) is 4.01. The molecule has 1 amide bonds. The van der Waals surface area contributed by atoms with Gasteiger partial charge in [-0.2, -0.15) is 0 Å². The van der Waals surface area contributed by atoms with Crippen LogP contribution in [0, 0.1) is 0 Å². The maximum absolute atomic E-state index is 12.3. The summed E-state index contributed by atoms with van der Waals surface area (Å²) in [6.45, 7) is 0. The number of pyridine rings is 1. The number of aromatic nitrogens is 1. The number of hydrogen-bond acceptors (Lipinski definition) is 4. The van der Waals surface area contributed by atoms with Crippen LogP contribution in [0.25, 0.3) is 10.8 Å². The van der Waals surface area contributed by atoms with E-state index < -0.39 is 5.97 Å². The smallest absolute Gasteiger partial charge is 0.337 e. The minimum absolute atomic E-state index is 0.234. The average molecular weight is 306 g/mol. The molecule has 0 aliphatic rings. The Hall–Kier alpha value is -3.21. The predicted molar refractivity (Wildman–Crippen MR) is 87.5 cm³/mol. The summed E-state index contributed by atoms with van der Waals surface area (Å²) in [6, 6.07) is 15.8. The highest BCUT2D eigenvalue weighted by Gasteiger charge is 2.11. The van der Waals surface area contributed by atoms with Gasteiger partial charge in [-0.1, -0.05) is 18.2 Å². The number of hydrogen-bond donors (Lipinski definition) is 1. The van der Waals surface area contributed by atoms with E-state index >= 15 is 0 Å². The third kappa shape index (κ3) is 3.03. The Morgan fingerprint density at radius 2 is 1.78 bits per heavy atom. The van der Waals surface area contributed by atoms with Crippen molar-refractivity contribution in [3.63, 3.8) is 0 Å². The molecule has 5 nitrogen and oxygen atoms in total. The van der Waals surface area contributed by atoms with Crippen molar-refractivity contribution in [2.24, 2.45) is 0 Å². The second-order valence-electron chi connectivity index (χ2n) is 4.91. The molecule has 0 atom stereocenters. The highest BCUT2D eigenvalue weighted by molar-refractivity contribution is 6.08. The topological polar surface area (TPSA) is 68.3 Å². The monoisotopic (exact) mass is 306 g/mol. The van der Waals surface area contributed by atoms with Gasteiger partial charge in [0.2, 0.25) is 0 Å². The summed E-state index contributed by atoms with van der Waals surface area (Å²) in [4.78, 5) is 28.1. The molecule has 0 saturated heterocycles. The van der Waals surface area contributed by atoms with Crippen LogP contribution in [0.4, 0.5) is 5.82 Å². The van der Waals surface area contributed by atoms with Gasteiger partial charge in [-0.25, -0.2) is 9.78 Å². The molecule has 3 aromatic rings. The minimum atomic E-state index is -0.404. The molecule has 0 saturated carbocycles. The van der Waals surface area contributed by atoms with Gasteiger partial charge in [0.1, 0.15) is 5.82 Å². The van der Waals surface area contributed by atoms with Gasteiger partial charge >= 0.3 is 5.97 Å². The molecule has 23 heavy (non-hydrogen) atoms. The summed E-state index contributed by atoms with van der Waals surface area (Å²) >= 11 is 0. The fourth-order valence-electron chi connectivity index (χ4n) is 2.29. The van der Waals surface area contributed by atoms with Crippen molar-refractivity contribution in [2.45, 2.75) is 0 Å². The zero-order valence-electron chi connectivity index (χ0n) is 12.4. The molecule has 0 radical (unpaired) electrons. The molecule has 1 N–H and O–H groups in total. The molecule has 0 aliphatic heterocycles. The highest BCUT2D eigenvalue weighted by atomic mass is 16.5. The molecular weight excluding hydrogens is 292 g/mol. The molecule has 0 aliphatic carbocycles. The van der Waals surface area contributed by atoms with Gasteiger partial charge in [0.05, 0.1) is 12.7 Å². The number of rotatable bonds is 3. The van der Waals surface area contributed by atoms with Crippen LogP contribution in [0.2, 0.25) is 0 Å². The number of nitrogens with zero attached hydrogens (tertiary/aromatic N) is 1. The van der Waals surface area contributed by atoms with Crippen molar-refractivity contribution in [2.75, 3.05) is 12.4 Å². The van der Waals surface area contributed by atoms with E-state index in [1.54, 1.807) is 54.7 Å². The summed E-state index contributed by atoms with van der Waals surface area (Å²) in [6.07, 6.45) is 1.59. The van der Waals surface area contributed by atoms with Crippen LogP contribution < -0.4 is 5.32 Å². The Morgan fingerprint density at radius 3 is 2.52 bits per heavy atom. The number of carbonyl (C=O) groups is 2. The van der Waals surface area contributed by atoms with E-state index in [1.807, 2.05) is 6.07 Å². The third-order valence-corrected chi connectivity index (χ3v) is 3.45. The lowest BCUT2D eigenvalue weighted by Gasteiger charge is -2.08. The first-order valence-electron chi connectivity index (χ1n) is 7.02. The van der Waals surface area contributed by atoms with Gasteiger partial charge < -0.3 is 10.1 Å². The van der Waals surface area contributed by atoms with Crippen LogP contribution in [0.15, 0.2) is 60.8 Å². The summed E-state index contributed by atoms with van der Waals surface area (Å²) in [7, 11) is 1.34. The maximum atomic E-state index is 12.3. The summed E-state index contributed by atoms with van der Waals surface area (Å²) in [5.74, 6) is -0.186. The second kappa shape index (κ2) is 6.27. The molecule has 1 aromatic heterocycles. The fraction of sp³-hybridized carbons (Fsp3) is 0.0556. The summed E-state index contributed by atoms with van der Waals surface area (Å²) in [5, 5.41) is 4.35. The van der Waals surface area contributed by atoms with Gasteiger partial charge in [-0.05, 0) is 41.8 Å². The van der Waals surface area contributed by atoms with E-state index in [4.69, 9.17) is 4.74 Å². The standard InChI is InChI=1S/C18H14N2O3/c1-23-18(22)14-7-8-15-13(11-14)9-10-19-16(15)20-17(21)12-5-3-2-4-6-12/h2-11H,1H3,(H,19,20,21). The van der Waals surface area contributed by atoms with E-state index in [0.29, 0.717) is 16.9 Å². The first kappa shape index (κ1) is 14.7. The molecule has 0 fully saturated rings. The van der Waals surface area contributed by atoms with Gasteiger partial charge in [0.15, 0.2) is 0 Å². The lowest BCUT2D eigenvalue weighted by atomic mass is 10.1. The number of esters is 1. The van der Waals surface area contributed by atoms with Crippen LogP contribution in [0.5, 0.6) is 0 Å². The first-order valence-corrected chi connectivity index (χ1v) is 7.02. The average Bonchev–Trinajstić information content (AvgIpc) is 2.61. The highest BCUT2D eigenvalue weighted by Crippen LogP contribution is 2.23. The molecule has 0 unspecified atom stereocenters. The fourth-order valence-corrected chi connectivity index (χ4v) is 2.29. The normalized spacial score (nSPS) is 10.3. The zero-order chi connectivity index (χ0) is 16.2. The molecule has 0 spiro atoms. The van der Waals surface area contributed by atoms with E-state index in [0.717, 1.165) is 10.8 Å². The van der Waals surface area contributed by atoms with Gasteiger partial charge in [0, 0.05) is 17.1 Å². The lowest BCUT2D eigenvalue weighted by Crippen LogP contribution is -2.13. The zero-order valence-corrected chi connectivity index (χ0v) is 12.4. The minimum Gasteiger partial charge on any atom is -0.465 e. The van der Waals surface area contributed by atoms with E-state index in [2.05, 4.69) is 10.3 Å². The number of fused-ring (bicyclic) bond motifs is 1. The van der Waals surface area contributed by atoms with E-state index in [-0.39, 0.29) is 5.91 Å². The SMILES string of the molecule is COC(=O)c1ccc2c(NC(=O)c3ccccc3)nccc2c1. The number of benzene rings is 2. The second-order valence-corrected chi connectivity index (χ2v) is 4.91. The molecule has 114 valence electrons. The quantitative estimate of drug-likeness (QED) is 0.754. The molecule has 2 aromatic carbocycles. The number of carbonyl (C=O) groups excluding carboxylic acids is 2. The van der Waals surface area contributed by atoms with Gasteiger partial charge in [-0.3, -0.25) is 4.79 Å². The largest absolute Gasteiger partial charge is 0.465 e. The predicted octanol–water partition coefficient (Wildman–Crippen LogP) is 3.27. The molecular formula is C18H14N2O3. The van der Waals surface area contributed by atoms with Crippen LogP contribution in [-0.2, 0) is 4.74 Å². The van der Waals surface area contributed by atoms with E-state index in [1.165, 1.54) is 7.11 Å². The number of nitrogens with one attached hydrogen (secondary N) is 1. The number of methoxy groups -OCH3 is 1. The molecule has 5 heteroatoms. The molecule has 1 heterocycles. The van der Waals surface area contributed by atoms with Crippen LogP contribution in [0.1, 0.15) is 20.7 Å². The number of ether oxygens (including phenoxy) is 1. The van der Waals surface area contributed by atoms with Crippen LogP contribution >= 0.6 is 0 Å². The van der Waals surface area contributed by atoms with Crippen LogP contribution in [0.3, 0.4) is 0 Å². The van der Waals surface area contributed by atoms with Crippen molar-refractivity contribution >= 4 is 28.5 Å². The van der Waals surface area contributed by atoms with Crippen molar-refractivity contribution in [1.82, 2.24) is 4.98 Å². The lowest BCUT2D eigenvalue weighted by molar-refractivity contribution is 0.0600. The third-order valence-electron chi connectivity index (χ3n) is 3.45. The van der Waals surface area contributed by atoms with Crippen molar-refractivity contribution in [3.8, 4) is 0 Å². The van der Waals surface area contributed by atoms with Crippen molar-refractivity contribution < 1.29 is 14.3 Å². The first-order chi connectivity index (χ1) is 11.2. The maximum Gasteiger partial charge on any atom is 0.337 e. The molecule has 0 bridgehead atoms.